The van der Waals surface area contributed by atoms with E-state index in [1.807, 2.05) is 18.2 Å². The Morgan fingerprint density at radius 3 is 2.43 bits per heavy atom. The summed E-state index contributed by atoms with van der Waals surface area (Å²) >= 11 is 3.51. The maximum absolute atomic E-state index is 5.87. The molecule has 0 bridgehead atoms. The molecule has 0 fully saturated rings. The molecule has 1 rings (SSSR count). The summed E-state index contributed by atoms with van der Waals surface area (Å²) in [5.74, 6) is 0. The quantitative estimate of drug-likeness (QED) is 0.730. The van der Waals surface area contributed by atoms with E-state index in [9.17, 15) is 0 Å². The second kappa shape index (κ2) is 5.52. The smallest absolute Gasteiger partial charge is 0.0999 e. The van der Waals surface area contributed by atoms with E-state index in [2.05, 4.69) is 41.9 Å². The molecule has 14 heavy (non-hydrogen) atoms. The summed E-state index contributed by atoms with van der Waals surface area (Å²) in [7, 11) is 0. The first-order valence-corrected chi connectivity index (χ1v) is 6.10. The van der Waals surface area contributed by atoms with Crippen LogP contribution in [0.25, 0.3) is 0 Å². The summed E-state index contributed by atoms with van der Waals surface area (Å²) in [6.45, 7) is 5.05. The van der Waals surface area contributed by atoms with Gasteiger partial charge in [0.05, 0.1) is 5.60 Å². The third kappa shape index (κ3) is 2.82. The van der Waals surface area contributed by atoms with Crippen LogP contribution >= 0.6 is 15.9 Å². The summed E-state index contributed by atoms with van der Waals surface area (Å²) in [6, 6.07) is 10.3. The van der Waals surface area contributed by atoms with Crippen molar-refractivity contribution >= 4 is 15.9 Å². The van der Waals surface area contributed by atoms with Gasteiger partial charge in [-0.3, -0.25) is 0 Å². The van der Waals surface area contributed by atoms with Crippen LogP contribution in [0.3, 0.4) is 0 Å². The minimum Gasteiger partial charge on any atom is -0.370 e. The van der Waals surface area contributed by atoms with Crippen molar-refractivity contribution in [3.63, 3.8) is 0 Å². The van der Waals surface area contributed by atoms with E-state index < -0.39 is 0 Å². The lowest BCUT2D eigenvalue weighted by Crippen LogP contribution is -2.28. The molecule has 0 amide bonds. The average Bonchev–Trinajstić information content (AvgIpc) is 2.27. The third-order valence-electron chi connectivity index (χ3n) is 2.26. The number of benzene rings is 1. The van der Waals surface area contributed by atoms with Crippen LogP contribution in [0.1, 0.15) is 25.8 Å². The highest BCUT2D eigenvalue weighted by Crippen LogP contribution is 2.27. The molecule has 0 radical (unpaired) electrons. The molecule has 0 aromatic heterocycles. The third-order valence-corrected chi connectivity index (χ3v) is 3.33. The summed E-state index contributed by atoms with van der Waals surface area (Å²) in [6.07, 6.45) is 1.05. The lowest BCUT2D eigenvalue weighted by atomic mass is 9.98. The first-order chi connectivity index (χ1) is 6.73. The van der Waals surface area contributed by atoms with Crippen molar-refractivity contribution in [3.05, 3.63) is 35.9 Å². The average molecular weight is 257 g/mol. The van der Waals surface area contributed by atoms with E-state index in [1.165, 1.54) is 5.56 Å². The van der Waals surface area contributed by atoms with Gasteiger partial charge >= 0.3 is 0 Å². The van der Waals surface area contributed by atoms with Gasteiger partial charge in [0.25, 0.3) is 0 Å². The van der Waals surface area contributed by atoms with Crippen LogP contribution in [0.15, 0.2) is 30.3 Å². The van der Waals surface area contributed by atoms with Gasteiger partial charge in [-0.1, -0.05) is 53.2 Å². The highest BCUT2D eigenvalue weighted by atomic mass is 79.9. The van der Waals surface area contributed by atoms with Crippen LogP contribution in [0, 0.1) is 0 Å². The number of hydrogen-bond donors (Lipinski definition) is 0. The zero-order chi connectivity index (χ0) is 10.4. The fraction of sp³-hybridized carbons (Fsp3) is 0.500. The minimum absolute atomic E-state index is 0.197. The monoisotopic (exact) mass is 256 g/mol. The predicted octanol–water partition coefficient (Wildman–Crippen LogP) is 3.72. The first-order valence-electron chi connectivity index (χ1n) is 4.98. The molecule has 0 aliphatic rings. The molecule has 1 atom stereocenters. The predicted molar refractivity (Wildman–Crippen MR) is 63.8 cm³/mol. The highest BCUT2D eigenvalue weighted by Gasteiger charge is 2.25. The van der Waals surface area contributed by atoms with Crippen molar-refractivity contribution in [1.29, 1.82) is 0 Å². The van der Waals surface area contributed by atoms with Crippen molar-refractivity contribution in [1.82, 2.24) is 0 Å². The van der Waals surface area contributed by atoms with E-state index in [4.69, 9.17) is 4.74 Å². The molecule has 0 heterocycles. The van der Waals surface area contributed by atoms with E-state index in [1.54, 1.807) is 0 Å². The Morgan fingerprint density at radius 2 is 1.93 bits per heavy atom. The molecular formula is C12H17BrO. The largest absolute Gasteiger partial charge is 0.370 e. The van der Waals surface area contributed by atoms with Gasteiger partial charge < -0.3 is 4.74 Å². The molecule has 1 aromatic rings. The van der Waals surface area contributed by atoms with Crippen LogP contribution in [0.2, 0.25) is 0 Å². The summed E-state index contributed by atoms with van der Waals surface area (Å²) in [4.78, 5) is 0. The molecule has 0 spiro atoms. The van der Waals surface area contributed by atoms with Crippen LogP contribution < -0.4 is 0 Å². The topological polar surface area (TPSA) is 9.23 Å². The molecule has 0 saturated heterocycles. The molecule has 2 heteroatoms. The maximum atomic E-state index is 5.87. The number of ether oxygens (including phenoxy) is 1. The van der Waals surface area contributed by atoms with E-state index in [0.29, 0.717) is 0 Å². The summed E-state index contributed by atoms with van der Waals surface area (Å²) in [5.41, 5.74) is 1.03. The Labute approximate surface area is 94.6 Å². The minimum atomic E-state index is -0.197. The molecule has 0 saturated carbocycles. The SMILES string of the molecule is CCCOC(C)(CBr)c1ccccc1. The van der Waals surface area contributed by atoms with Crippen molar-refractivity contribution in [2.24, 2.45) is 0 Å². The van der Waals surface area contributed by atoms with Crippen LogP contribution in [-0.4, -0.2) is 11.9 Å². The van der Waals surface area contributed by atoms with E-state index in [0.717, 1.165) is 18.4 Å². The Bertz CT molecular complexity index is 260. The van der Waals surface area contributed by atoms with Crippen molar-refractivity contribution in [2.75, 3.05) is 11.9 Å². The standard InChI is InChI=1S/C12H17BrO/c1-3-9-14-12(2,10-13)11-7-5-4-6-8-11/h4-8H,3,9-10H2,1-2H3. The fourth-order valence-corrected chi connectivity index (χ4v) is 1.80. The first kappa shape index (κ1) is 11.7. The maximum Gasteiger partial charge on any atom is 0.0999 e. The van der Waals surface area contributed by atoms with Gasteiger partial charge in [-0.25, -0.2) is 0 Å². The second-order valence-corrected chi connectivity index (χ2v) is 4.14. The molecular weight excluding hydrogens is 240 g/mol. The Kier molecular flexibility index (Phi) is 4.63. The fourth-order valence-electron chi connectivity index (χ4n) is 1.32. The van der Waals surface area contributed by atoms with Crippen molar-refractivity contribution in [2.45, 2.75) is 25.9 Å². The Hall–Kier alpha value is -0.340. The van der Waals surface area contributed by atoms with E-state index in [-0.39, 0.29) is 5.60 Å². The normalized spacial score (nSPS) is 15.1. The van der Waals surface area contributed by atoms with Gasteiger partial charge in [-0.05, 0) is 18.9 Å². The highest BCUT2D eigenvalue weighted by molar-refractivity contribution is 9.09. The van der Waals surface area contributed by atoms with Crippen molar-refractivity contribution in [3.8, 4) is 0 Å². The number of alkyl halides is 1. The zero-order valence-corrected chi connectivity index (χ0v) is 10.4. The van der Waals surface area contributed by atoms with Crippen LogP contribution in [0.5, 0.6) is 0 Å². The van der Waals surface area contributed by atoms with Crippen molar-refractivity contribution < 1.29 is 4.74 Å². The van der Waals surface area contributed by atoms with E-state index >= 15 is 0 Å². The van der Waals surface area contributed by atoms with Crippen LogP contribution in [-0.2, 0) is 10.3 Å². The second-order valence-electron chi connectivity index (χ2n) is 3.58. The summed E-state index contributed by atoms with van der Waals surface area (Å²) < 4.78 is 5.87. The number of rotatable bonds is 5. The zero-order valence-electron chi connectivity index (χ0n) is 8.79. The van der Waals surface area contributed by atoms with Gasteiger partial charge in [0, 0.05) is 11.9 Å². The molecule has 0 aliphatic carbocycles. The lowest BCUT2D eigenvalue weighted by Gasteiger charge is -2.28. The molecule has 1 aromatic carbocycles. The van der Waals surface area contributed by atoms with Crippen LogP contribution in [0.4, 0.5) is 0 Å². The molecule has 1 unspecified atom stereocenters. The van der Waals surface area contributed by atoms with Gasteiger partial charge in [-0.15, -0.1) is 0 Å². The molecule has 0 N–H and O–H groups in total. The lowest BCUT2D eigenvalue weighted by molar-refractivity contribution is -0.0163. The van der Waals surface area contributed by atoms with Gasteiger partial charge in [0.2, 0.25) is 0 Å². The van der Waals surface area contributed by atoms with Gasteiger partial charge in [-0.2, -0.15) is 0 Å². The molecule has 78 valence electrons. The number of hydrogen-bond acceptors (Lipinski definition) is 1. The Morgan fingerprint density at radius 1 is 1.29 bits per heavy atom. The summed E-state index contributed by atoms with van der Waals surface area (Å²) in [5, 5.41) is 0.823. The molecule has 0 aliphatic heterocycles. The molecule has 1 nitrogen and oxygen atoms in total. The Balaban J connectivity index is 2.79. The van der Waals surface area contributed by atoms with Gasteiger partial charge in [0.15, 0.2) is 0 Å². The van der Waals surface area contributed by atoms with Gasteiger partial charge in [0.1, 0.15) is 0 Å². The number of halogens is 1.